The molecule has 1 saturated heterocycles. The van der Waals surface area contributed by atoms with E-state index in [2.05, 4.69) is 5.32 Å². The summed E-state index contributed by atoms with van der Waals surface area (Å²) in [6.45, 7) is 8.58. The molecule has 1 rings (SSSR count). The molecule has 1 fully saturated rings. The molecule has 1 aliphatic heterocycles. The number of hydrogen-bond acceptors (Lipinski definition) is 2. The van der Waals surface area contributed by atoms with Crippen molar-refractivity contribution in [1.82, 2.24) is 10.2 Å². The Morgan fingerprint density at radius 2 is 1.94 bits per heavy atom. The molecule has 2 amide bonds. The van der Waals surface area contributed by atoms with Crippen molar-refractivity contribution in [3.8, 4) is 0 Å². The Morgan fingerprint density at radius 3 is 2.33 bits per heavy atom. The number of hydrogen-bond donors (Lipinski definition) is 2. The standard InChI is InChI=1S/C13H24N2O3/c1-5-13(4,6-2)14-11(18)15-8-7-12(3,9-15)10(16)17/h5-9H2,1-4H3,(H,14,18)(H,16,17). The number of nitrogens with one attached hydrogen (secondary N) is 1. The van der Waals surface area contributed by atoms with Gasteiger partial charge in [0.1, 0.15) is 0 Å². The van der Waals surface area contributed by atoms with Gasteiger partial charge in [-0.25, -0.2) is 4.79 Å². The van der Waals surface area contributed by atoms with Crippen LogP contribution in [-0.2, 0) is 4.79 Å². The number of nitrogens with zero attached hydrogens (tertiary/aromatic N) is 1. The normalized spacial score (nSPS) is 24.1. The van der Waals surface area contributed by atoms with Crippen LogP contribution in [-0.4, -0.2) is 40.6 Å². The van der Waals surface area contributed by atoms with Crippen LogP contribution in [0.2, 0.25) is 0 Å². The number of carbonyl (C=O) groups excluding carboxylic acids is 1. The van der Waals surface area contributed by atoms with Crippen LogP contribution in [0.3, 0.4) is 0 Å². The van der Waals surface area contributed by atoms with Gasteiger partial charge in [0, 0.05) is 18.6 Å². The van der Waals surface area contributed by atoms with Gasteiger partial charge in [-0.15, -0.1) is 0 Å². The fraction of sp³-hybridized carbons (Fsp3) is 0.846. The molecular weight excluding hydrogens is 232 g/mol. The number of urea groups is 1. The van der Waals surface area contributed by atoms with E-state index in [1.807, 2.05) is 20.8 Å². The summed E-state index contributed by atoms with van der Waals surface area (Å²) in [5, 5.41) is 12.1. The second kappa shape index (κ2) is 5.16. The van der Waals surface area contributed by atoms with Gasteiger partial charge in [0.25, 0.3) is 0 Å². The van der Waals surface area contributed by atoms with Gasteiger partial charge in [-0.05, 0) is 33.1 Å². The molecule has 1 aliphatic rings. The van der Waals surface area contributed by atoms with Gasteiger partial charge in [-0.3, -0.25) is 4.79 Å². The lowest BCUT2D eigenvalue weighted by Crippen LogP contribution is -2.51. The highest BCUT2D eigenvalue weighted by Crippen LogP contribution is 2.30. The molecule has 0 aliphatic carbocycles. The second-order valence-corrected chi connectivity index (χ2v) is 5.74. The highest BCUT2D eigenvalue weighted by Gasteiger charge is 2.42. The van der Waals surface area contributed by atoms with Crippen molar-refractivity contribution in [1.29, 1.82) is 0 Å². The molecule has 18 heavy (non-hydrogen) atoms. The largest absolute Gasteiger partial charge is 0.481 e. The topological polar surface area (TPSA) is 69.6 Å². The van der Waals surface area contributed by atoms with Crippen LogP contribution < -0.4 is 5.32 Å². The Hall–Kier alpha value is -1.26. The molecule has 0 aromatic heterocycles. The van der Waals surface area contributed by atoms with Crippen LogP contribution in [0.1, 0.15) is 47.0 Å². The third kappa shape index (κ3) is 2.94. The summed E-state index contributed by atoms with van der Waals surface area (Å²) in [6, 6.07) is -0.147. The predicted molar refractivity (Wildman–Crippen MR) is 69.5 cm³/mol. The molecule has 1 heterocycles. The maximum atomic E-state index is 12.1. The number of carboxylic acid groups (broad SMARTS) is 1. The minimum Gasteiger partial charge on any atom is -0.481 e. The molecule has 5 heteroatoms. The first-order valence-electron chi connectivity index (χ1n) is 6.57. The average molecular weight is 256 g/mol. The highest BCUT2D eigenvalue weighted by molar-refractivity contribution is 5.79. The van der Waals surface area contributed by atoms with Crippen molar-refractivity contribution in [2.24, 2.45) is 5.41 Å². The minimum atomic E-state index is -0.827. The van der Waals surface area contributed by atoms with E-state index < -0.39 is 11.4 Å². The third-order valence-electron chi connectivity index (χ3n) is 4.25. The quantitative estimate of drug-likeness (QED) is 0.809. The number of rotatable bonds is 4. The van der Waals surface area contributed by atoms with Gasteiger partial charge in [-0.2, -0.15) is 0 Å². The molecule has 2 N–H and O–H groups in total. The van der Waals surface area contributed by atoms with Gasteiger partial charge in [0.2, 0.25) is 0 Å². The van der Waals surface area contributed by atoms with Crippen LogP contribution in [0.25, 0.3) is 0 Å². The highest BCUT2D eigenvalue weighted by atomic mass is 16.4. The number of amides is 2. The molecular formula is C13H24N2O3. The SMILES string of the molecule is CCC(C)(CC)NC(=O)N1CCC(C)(C(=O)O)C1. The molecule has 104 valence electrons. The van der Waals surface area contributed by atoms with Crippen molar-refractivity contribution in [2.75, 3.05) is 13.1 Å². The smallest absolute Gasteiger partial charge is 0.317 e. The first-order chi connectivity index (χ1) is 8.26. The van der Waals surface area contributed by atoms with Gasteiger partial charge in [-0.1, -0.05) is 13.8 Å². The summed E-state index contributed by atoms with van der Waals surface area (Å²) >= 11 is 0. The average Bonchev–Trinajstić information content (AvgIpc) is 2.73. The van der Waals surface area contributed by atoms with E-state index in [1.165, 1.54) is 0 Å². The molecule has 0 saturated carbocycles. The van der Waals surface area contributed by atoms with Crippen molar-refractivity contribution < 1.29 is 14.7 Å². The summed E-state index contributed by atoms with van der Waals surface area (Å²) < 4.78 is 0. The van der Waals surface area contributed by atoms with Gasteiger partial charge < -0.3 is 15.3 Å². The van der Waals surface area contributed by atoms with Gasteiger partial charge in [0.05, 0.1) is 5.41 Å². The Morgan fingerprint density at radius 1 is 1.39 bits per heavy atom. The zero-order valence-electron chi connectivity index (χ0n) is 11.7. The number of carboxylic acids is 1. The molecule has 1 unspecified atom stereocenters. The van der Waals surface area contributed by atoms with Crippen molar-refractivity contribution >= 4 is 12.0 Å². The number of carbonyl (C=O) groups is 2. The summed E-state index contributed by atoms with van der Waals surface area (Å²) in [5.41, 5.74) is -1.01. The lowest BCUT2D eigenvalue weighted by Gasteiger charge is -2.31. The predicted octanol–water partition coefficient (Wildman–Crippen LogP) is 2.07. The second-order valence-electron chi connectivity index (χ2n) is 5.74. The van der Waals surface area contributed by atoms with Crippen molar-refractivity contribution in [3.05, 3.63) is 0 Å². The Bertz CT molecular complexity index is 339. The third-order valence-corrected chi connectivity index (χ3v) is 4.25. The maximum Gasteiger partial charge on any atom is 0.317 e. The summed E-state index contributed by atoms with van der Waals surface area (Å²) in [4.78, 5) is 24.9. The van der Waals surface area contributed by atoms with Gasteiger partial charge in [0.15, 0.2) is 0 Å². The fourth-order valence-corrected chi connectivity index (χ4v) is 2.07. The fourth-order valence-electron chi connectivity index (χ4n) is 2.07. The van der Waals surface area contributed by atoms with E-state index >= 15 is 0 Å². The van der Waals surface area contributed by atoms with E-state index in [-0.39, 0.29) is 18.1 Å². The Labute approximate surface area is 109 Å². The van der Waals surface area contributed by atoms with Crippen LogP contribution in [0.4, 0.5) is 4.79 Å². The maximum absolute atomic E-state index is 12.1. The van der Waals surface area contributed by atoms with Crippen LogP contribution >= 0.6 is 0 Å². The molecule has 0 aromatic carbocycles. The lowest BCUT2D eigenvalue weighted by atomic mass is 9.90. The summed E-state index contributed by atoms with van der Waals surface area (Å²) in [7, 11) is 0. The molecule has 0 bridgehead atoms. The van der Waals surface area contributed by atoms with E-state index in [0.29, 0.717) is 13.0 Å². The van der Waals surface area contributed by atoms with E-state index in [4.69, 9.17) is 5.11 Å². The molecule has 0 aromatic rings. The van der Waals surface area contributed by atoms with Crippen molar-refractivity contribution in [3.63, 3.8) is 0 Å². The zero-order valence-corrected chi connectivity index (χ0v) is 11.7. The molecule has 0 spiro atoms. The molecule has 5 nitrogen and oxygen atoms in total. The molecule has 1 atom stereocenters. The number of likely N-dealkylation sites (tertiary alicyclic amines) is 1. The monoisotopic (exact) mass is 256 g/mol. The first kappa shape index (κ1) is 14.8. The van der Waals surface area contributed by atoms with Crippen LogP contribution in [0.15, 0.2) is 0 Å². The minimum absolute atomic E-state index is 0.147. The summed E-state index contributed by atoms with van der Waals surface area (Å²) in [5.74, 6) is -0.827. The lowest BCUT2D eigenvalue weighted by molar-refractivity contribution is -0.146. The van der Waals surface area contributed by atoms with E-state index in [1.54, 1.807) is 11.8 Å². The first-order valence-corrected chi connectivity index (χ1v) is 6.57. The number of aliphatic carboxylic acids is 1. The van der Waals surface area contributed by atoms with E-state index in [0.717, 1.165) is 12.8 Å². The van der Waals surface area contributed by atoms with E-state index in [9.17, 15) is 9.59 Å². The molecule has 0 radical (unpaired) electrons. The Balaban J connectivity index is 2.63. The van der Waals surface area contributed by atoms with Crippen molar-refractivity contribution in [2.45, 2.75) is 52.5 Å². The summed E-state index contributed by atoms with van der Waals surface area (Å²) in [6.07, 6.45) is 2.24. The van der Waals surface area contributed by atoms with Crippen LogP contribution in [0, 0.1) is 5.41 Å². The Kier molecular flexibility index (Phi) is 4.24. The van der Waals surface area contributed by atoms with Crippen LogP contribution in [0.5, 0.6) is 0 Å². The zero-order chi connectivity index (χ0) is 14.0. The van der Waals surface area contributed by atoms with Gasteiger partial charge >= 0.3 is 12.0 Å².